The standard InChI is InChI=1S/C18H26ClN2O2/c1-3-5-9-20-15-11-7-8-12-13(17(20)22)16(14(15)19)21(12,18(11)23)10-6-4-2/h7-8,11-16H,3-6,9-10H2,1-2H3/q+1/t11-,12?,13?,14-,15+,16?,21?/m0/s1. The van der Waals surface area contributed by atoms with Crippen molar-refractivity contribution in [3.63, 3.8) is 0 Å². The number of amides is 2. The molecule has 0 saturated carbocycles. The van der Waals surface area contributed by atoms with E-state index in [0.29, 0.717) is 10.4 Å². The molecule has 3 saturated heterocycles. The third-order valence-electron chi connectivity index (χ3n) is 6.59. The van der Waals surface area contributed by atoms with Crippen LogP contribution in [0.15, 0.2) is 12.2 Å². The Hall–Kier alpha value is -0.870. The molecule has 0 aromatic rings. The van der Waals surface area contributed by atoms with Gasteiger partial charge in [-0.2, -0.15) is 0 Å². The number of likely N-dealkylation sites (tertiary alicyclic amines) is 1. The zero-order chi connectivity index (χ0) is 16.4. The smallest absolute Gasteiger partial charge is 0.323 e. The highest BCUT2D eigenvalue weighted by atomic mass is 35.5. The number of hydrogen-bond donors (Lipinski definition) is 0. The van der Waals surface area contributed by atoms with E-state index in [9.17, 15) is 9.59 Å². The average molecular weight is 338 g/mol. The van der Waals surface area contributed by atoms with Gasteiger partial charge in [0.25, 0.3) is 0 Å². The minimum absolute atomic E-state index is 0.0114. The Morgan fingerprint density at radius 3 is 2.61 bits per heavy atom. The summed E-state index contributed by atoms with van der Waals surface area (Å²) in [6.45, 7) is 5.87. The molecule has 5 heteroatoms. The van der Waals surface area contributed by atoms with Crippen LogP contribution in [0.3, 0.4) is 0 Å². The van der Waals surface area contributed by atoms with Crippen LogP contribution in [-0.2, 0) is 9.59 Å². The Morgan fingerprint density at radius 2 is 1.91 bits per heavy atom. The molecule has 4 bridgehead atoms. The lowest BCUT2D eigenvalue weighted by atomic mass is 9.60. The normalized spacial score (nSPS) is 46.3. The van der Waals surface area contributed by atoms with Gasteiger partial charge in [-0.1, -0.05) is 32.8 Å². The van der Waals surface area contributed by atoms with Crippen molar-refractivity contribution in [3.8, 4) is 0 Å². The van der Waals surface area contributed by atoms with Crippen LogP contribution in [0.1, 0.15) is 39.5 Å². The van der Waals surface area contributed by atoms with Gasteiger partial charge in [0.2, 0.25) is 5.91 Å². The van der Waals surface area contributed by atoms with Crippen LogP contribution in [0.25, 0.3) is 0 Å². The number of nitrogens with zero attached hydrogens (tertiary/aromatic N) is 2. The van der Waals surface area contributed by atoms with Gasteiger partial charge in [-0.15, -0.1) is 11.6 Å². The Bertz CT molecular complexity index is 577. The molecule has 0 aromatic heterocycles. The first-order chi connectivity index (χ1) is 11.1. The van der Waals surface area contributed by atoms with Gasteiger partial charge < -0.3 is 4.90 Å². The maximum Gasteiger partial charge on any atom is 0.323 e. The van der Waals surface area contributed by atoms with Gasteiger partial charge in [-0.05, 0) is 18.9 Å². The van der Waals surface area contributed by atoms with E-state index in [1.54, 1.807) is 0 Å². The molecule has 0 aromatic carbocycles. The molecule has 4 aliphatic rings. The summed E-state index contributed by atoms with van der Waals surface area (Å²) in [6.07, 6.45) is 8.34. The molecule has 7 atom stereocenters. The summed E-state index contributed by atoms with van der Waals surface area (Å²) in [5.41, 5.74) is 0. The maximum absolute atomic E-state index is 13.3. The number of hydrogen-bond acceptors (Lipinski definition) is 2. The van der Waals surface area contributed by atoms with Crippen molar-refractivity contribution in [3.05, 3.63) is 12.2 Å². The van der Waals surface area contributed by atoms with Crippen molar-refractivity contribution in [2.24, 2.45) is 11.8 Å². The van der Waals surface area contributed by atoms with E-state index in [1.807, 2.05) is 4.90 Å². The quantitative estimate of drug-likeness (QED) is 0.424. The second-order valence-electron chi connectivity index (χ2n) is 7.58. The summed E-state index contributed by atoms with van der Waals surface area (Å²) < 4.78 is 0.470. The fraction of sp³-hybridized carbons (Fsp3) is 0.778. The van der Waals surface area contributed by atoms with E-state index in [0.717, 1.165) is 38.8 Å². The average Bonchev–Trinajstić information content (AvgIpc) is 2.50. The summed E-state index contributed by atoms with van der Waals surface area (Å²) in [6, 6.07) is -0.0819. The largest absolute Gasteiger partial charge is 0.336 e. The zero-order valence-electron chi connectivity index (χ0n) is 14.0. The number of unbranched alkanes of at least 4 members (excludes halogenated alkanes) is 2. The first-order valence-corrected chi connectivity index (χ1v) is 9.58. The molecule has 4 heterocycles. The van der Waals surface area contributed by atoms with Gasteiger partial charge in [0.1, 0.15) is 29.3 Å². The fourth-order valence-corrected chi connectivity index (χ4v) is 6.21. The predicted molar refractivity (Wildman–Crippen MR) is 88.8 cm³/mol. The molecule has 0 aliphatic carbocycles. The lowest BCUT2D eigenvalue weighted by Gasteiger charge is -2.70. The van der Waals surface area contributed by atoms with Gasteiger partial charge in [0.05, 0.1) is 12.6 Å². The second-order valence-corrected chi connectivity index (χ2v) is 8.09. The van der Waals surface area contributed by atoms with E-state index >= 15 is 0 Å². The van der Waals surface area contributed by atoms with E-state index in [1.165, 1.54) is 0 Å². The molecule has 0 spiro atoms. The Balaban J connectivity index is 1.75. The predicted octanol–water partition coefficient (Wildman–Crippen LogP) is 2.31. The van der Waals surface area contributed by atoms with Gasteiger partial charge in [-0.25, -0.2) is 9.28 Å². The van der Waals surface area contributed by atoms with Crippen LogP contribution >= 0.6 is 11.6 Å². The van der Waals surface area contributed by atoms with E-state index in [-0.39, 0.29) is 41.2 Å². The van der Waals surface area contributed by atoms with Gasteiger partial charge >= 0.3 is 5.91 Å². The number of halogens is 1. The van der Waals surface area contributed by atoms with Gasteiger partial charge in [-0.3, -0.25) is 4.79 Å². The van der Waals surface area contributed by atoms with Gasteiger partial charge in [0, 0.05) is 6.54 Å². The minimum Gasteiger partial charge on any atom is -0.336 e. The van der Waals surface area contributed by atoms with Crippen LogP contribution in [0, 0.1) is 11.8 Å². The number of carbonyl (C=O) groups is 2. The zero-order valence-corrected chi connectivity index (χ0v) is 14.7. The number of alkyl halides is 1. The van der Waals surface area contributed by atoms with Crippen LogP contribution in [-0.4, -0.2) is 57.8 Å². The minimum atomic E-state index is -0.205. The first kappa shape index (κ1) is 15.6. The first-order valence-electron chi connectivity index (χ1n) is 9.14. The third kappa shape index (κ3) is 1.72. The summed E-state index contributed by atoms with van der Waals surface area (Å²) in [5.74, 6) is 0.290. The van der Waals surface area contributed by atoms with Gasteiger partial charge in [0.15, 0.2) is 0 Å². The van der Waals surface area contributed by atoms with Crippen molar-refractivity contribution < 1.29 is 14.1 Å². The fourth-order valence-electron chi connectivity index (χ4n) is 5.56. The number of rotatable bonds is 6. The molecule has 2 amide bonds. The lowest BCUT2D eigenvalue weighted by Crippen LogP contribution is -2.92. The molecule has 23 heavy (non-hydrogen) atoms. The topological polar surface area (TPSA) is 37.4 Å². The van der Waals surface area contributed by atoms with Crippen LogP contribution in [0.5, 0.6) is 0 Å². The molecule has 4 aliphatic heterocycles. The Kier molecular flexibility index (Phi) is 3.62. The van der Waals surface area contributed by atoms with Crippen molar-refractivity contribution in [2.45, 2.75) is 63.0 Å². The van der Waals surface area contributed by atoms with E-state index in [2.05, 4.69) is 26.0 Å². The number of carbonyl (C=O) groups excluding carboxylic acids is 2. The monoisotopic (exact) mass is 337 g/mol. The van der Waals surface area contributed by atoms with Crippen molar-refractivity contribution in [1.29, 1.82) is 0 Å². The summed E-state index contributed by atoms with van der Waals surface area (Å²) in [4.78, 5) is 28.3. The van der Waals surface area contributed by atoms with Crippen molar-refractivity contribution in [2.75, 3.05) is 13.1 Å². The highest BCUT2D eigenvalue weighted by molar-refractivity contribution is 6.23. The maximum atomic E-state index is 13.3. The lowest BCUT2D eigenvalue weighted by molar-refractivity contribution is -0.956. The molecule has 4 unspecified atom stereocenters. The summed E-state index contributed by atoms with van der Waals surface area (Å²) >= 11 is 6.88. The molecule has 3 fully saturated rings. The number of piperidine rings is 2. The Morgan fingerprint density at radius 1 is 1.17 bits per heavy atom. The molecule has 4 rings (SSSR count). The summed E-state index contributed by atoms with van der Waals surface area (Å²) in [7, 11) is 0. The van der Waals surface area contributed by atoms with Crippen LogP contribution < -0.4 is 0 Å². The highest BCUT2D eigenvalue weighted by Crippen LogP contribution is 2.58. The highest BCUT2D eigenvalue weighted by Gasteiger charge is 2.80. The third-order valence-corrected chi connectivity index (χ3v) is 7.11. The number of quaternary nitrogens is 1. The van der Waals surface area contributed by atoms with Crippen molar-refractivity contribution in [1.82, 2.24) is 4.90 Å². The molecule has 4 nitrogen and oxygen atoms in total. The van der Waals surface area contributed by atoms with Crippen LogP contribution in [0.4, 0.5) is 0 Å². The van der Waals surface area contributed by atoms with Crippen molar-refractivity contribution >= 4 is 23.4 Å². The SMILES string of the molecule is CCCCN1C(=O)C2C3C=C[C@@H]4C(=O)[N+]3(CCCC)C2[C@@H](Cl)[C@@H]41. The second kappa shape index (κ2) is 5.32. The van der Waals surface area contributed by atoms with Crippen LogP contribution in [0.2, 0.25) is 0 Å². The summed E-state index contributed by atoms with van der Waals surface area (Å²) in [5, 5.41) is -0.0877. The van der Waals surface area contributed by atoms with E-state index < -0.39 is 0 Å². The van der Waals surface area contributed by atoms with E-state index in [4.69, 9.17) is 11.6 Å². The molecular weight excluding hydrogens is 312 g/mol. The molecule has 0 N–H and O–H groups in total. The number of fused-ring (bicyclic) bond motifs is 4. The molecule has 126 valence electrons. The molecule has 0 radical (unpaired) electrons. The molecular formula is C18H26ClN2O2+. The Labute approximate surface area is 143 Å².